The number of rotatable bonds is 3. The van der Waals surface area contributed by atoms with Gasteiger partial charge in [-0.15, -0.1) is 0 Å². The average Bonchev–Trinajstić information content (AvgIpc) is 2.39. The normalized spacial score (nSPS) is 9.95. The zero-order valence-electron chi connectivity index (χ0n) is 10.4. The van der Waals surface area contributed by atoms with E-state index in [2.05, 4.69) is 5.32 Å². The number of phenols is 1. The molecule has 0 unspecified atom stereocenters. The van der Waals surface area contributed by atoms with Crippen LogP contribution in [0.25, 0.3) is 0 Å². The highest BCUT2D eigenvalue weighted by atomic mass is 16.3. The fourth-order valence-corrected chi connectivity index (χ4v) is 1.75. The molecule has 0 spiro atoms. The molecule has 96 valence electrons. The van der Waals surface area contributed by atoms with E-state index in [0.29, 0.717) is 11.3 Å². The van der Waals surface area contributed by atoms with E-state index in [9.17, 15) is 14.7 Å². The van der Waals surface area contributed by atoms with Crippen LogP contribution in [0.2, 0.25) is 0 Å². The molecule has 1 amide bonds. The van der Waals surface area contributed by atoms with Gasteiger partial charge >= 0.3 is 0 Å². The molecule has 0 aliphatic carbocycles. The van der Waals surface area contributed by atoms with Gasteiger partial charge < -0.3 is 10.4 Å². The van der Waals surface area contributed by atoms with Crippen molar-refractivity contribution in [3.63, 3.8) is 0 Å². The van der Waals surface area contributed by atoms with Crippen molar-refractivity contribution in [3.05, 3.63) is 59.7 Å². The number of ketones is 1. The lowest BCUT2D eigenvalue weighted by Gasteiger charge is -2.09. The van der Waals surface area contributed by atoms with Gasteiger partial charge in [-0.3, -0.25) is 9.59 Å². The van der Waals surface area contributed by atoms with Crippen LogP contribution in [-0.4, -0.2) is 16.8 Å². The van der Waals surface area contributed by atoms with Crippen molar-refractivity contribution in [2.24, 2.45) is 0 Å². The molecule has 2 aromatic rings. The van der Waals surface area contributed by atoms with Gasteiger partial charge in [0, 0.05) is 5.56 Å². The molecule has 0 radical (unpaired) electrons. The minimum Gasteiger partial charge on any atom is -0.507 e. The number of para-hydroxylation sites is 2. The minimum absolute atomic E-state index is 0.0969. The van der Waals surface area contributed by atoms with Gasteiger partial charge in [0.25, 0.3) is 5.91 Å². The fourth-order valence-electron chi connectivity index (χ4n) is 1.75. The van der Waals surface area contributed by atoms with Crippen molar-refractivity contribution in [1.82, 2.24) is 0 Å². The first-order chi connectivity index (χ1) is 9.09. The van der Waals surface area contributed by atoms with Crippen LogP contribution in [0.3, 0.4) is 0 Å². The van der Waals surface area contributed by atoms with E-state index in [0.717, 1.165) is 0 Å². The van der Waals surface area contributed by atoms with Crippen molar-refractivity contribution in [3.8, 4) is 5.75 Å². The summed E-state index contributed by atoms with van der Waals surface area (Å²) >= 11 is 0. The minimum atomic E-state index is -0.452. The van der Waals surface area contributed by atoms with Crippen LogP contribution in [-0.2, 0) is 0 Å². The summed E-state index contributed by atoms with van der Waals surface area (Å²) in [5.41, 5.74) is 1.04. The lowest BCUT2D eigenvalue weighted by atomic mass is 10.1. The third-order valence-corrected chi connectivity index (χ3v) is 2.70. The van der Waals surface area contributed by atoms with Crippen LogP contribution >= 0.6 is 0 Å². The molecule has 0 heterocycles. The Morgan fingerprint density at radius 1 is 0.947 bits per heavy atom. The van der Waals surface area contributed by atoms with Crippen molar-refractivity contribution >= 4 is 17.4 Å². The van der Waals surface area contributed by atoms with Gasteiger partial charge in [0.2, 0.25) is 0 Å². The number of carbonyl (C=O) groups is 2. The molecule has 0 aliphatic heterocycles. The zero-order chi connectivity index (χ0) is 13.8. The highest BCUT2D eigenvalue weighted by Crippen LogP contribution is 2.20. The molecule has 4 heteroatoms. The molecule has 4 nitrogen and oxygen atoms in total. The number of hydrogen-bond donors (Lipinski definition) is 2. The van der Waals surface area contributed by atoms with Crippen LogP contribution in [0.4, 0.5) is 5.69 Å². The van der Waals surface area contributed by atoms with Gasteiger partial charge in [-0.05, 0) is 31.2 Å². The van der Waals surface area contributed by atoms with Crippen LogP contribution < -0.4 is 5.32 Å². The topological polar surface area (TPSA) is 66.4 Å². The molecule has 19 heavy (non-hydrogen) atoms. The van der Waals surface area contributed by atoms with Crippen molar-refractivity contribution in [2.45, 2.75) is 6.92 Å². The maximum absolute atomic E-state index is 12.0. The maximum atomic E-state index is 12.0. The summed E-state index contributed by atoms with van der Waals surface area (Å²) in [7, 11) is 0. The van der Waals surface area contributed by atoms with Crippen molar-refractivity contribution < 1.29 is 14.7 Å². The predicted molar refractivity (Wildman–Crippen MR) is 72.5 cm³/mol. The summed E-state index contributed by atoms with van der Waals surface area (Å²) in [6, 6.07) is 13.0. The smallest absolute Gasteiger partial charge is 0.259 e. The second-order valence-electron chi connectivity index (χ2n) is 4.07. The molecule has 0 aliphatic rings. The van der Waals surface area contributed by atoms with Gasteiger partial charge in [-0.25, -0.2) is 0 Å². The Hall–Kier alpha value is -2.62. The summed E-state index contributed by atoms with van der Waals surface area (Å²) < 4.78 is 0. The summed E-state index contributed by atoms with van der Waals surface area (Å²) in [5, 5.41) is 12.2. The predicted octanol–water partition coefficient (Wildman–Crippen LogP) is 2.85. The van der Waals surface area contributed by atoms with Gasteiger partial charge in [-0.2, -0.15) is 0 Å². The Balaban J connectivity index is 2.30. The van der Waals surface area contributed by atoms with E-state index in [1.807, 2.05) is 0 Å². The number of Topliss-reactive ketones (excluding diaryl/α,β-unsaturated/α-hetero) is 1. The third-order valence-electron chi connectivity index (χ3n) is 2.70. The highest BCUT2D eigenvalue weighted by Gasteiger charge is 2.13. The van der Waals surface area contributed by atoms with Gasteiger partial charge in [-0.1, -0.05) is 24.3 Å². The highest BCUT2D eigenvalue weighted by molar-refractivity contribution is 6.10. The zero-order valence-corrected chi connectivity index (χ0v) is 10.4. The number of carbonyl (C=O) groups excluding carboxylic acids is 2. The summed E-state index contributed by atoms with van der Waals surface area (Å²) in [6.45, 7) is 1.44. The number of nitrogens with one attached hydrogen (secondary N) is 1. The largest absolute Gasteiger partial charge is 0.507 e. The Labute approximate surface area is 110 Å². The van der Waals surface area contributed by atoms with E-state index >= 15 is 0 Å². The number of hydrogen-bond acceptors (Lipinski definition) is 3. The van der Waals surface area contributed by atoms with Crippen molar-refractivity contribution in [1.29, 1.82) is 0 Å². The number of benzene rings is 2. The SMILES string of the molecule is CC(=O)c1ccccc1NC(=O)c1ccccc1O. The molecule has 0 saturated heterocycles. The Bertz CT molecular complexity index is 635. The van der Waals surface area contributed by atoms with E-state index in [-0.39, 0.29) is 17.1 Å². The molecule has 0 saturated carbocycles. The second-order valence-corrected chi connectivity index (χ2v) is 4.07. The maximum Gasteiger partial charge on any atom is 0.259 e. The molecular weight excluding hydrogens is 242 g/mol. The van der Waals surface area contributed by atoms with Gasteiger partial charge in [0.05, 0.1) is 11.3 Å². The molecule has 2 rings (SSSR count). The number of anilines is 1. The quantitative estimate of drug-likeness (QED) is 0.829. The monoisotopic (exact) mass is 255 g/mol. The Morgan fingerprint density at radius 2 is 1.53 bits per heavy atom. The molecule has 0 fully saturated rings. The van der Waals surface area contributed by atoms with Gasteiger partial charge in [0.15, 0.2) is 5.78 Å². The summed E-state index contributed by atoms with van der Waals surface area (Å²) in [4.78, 5) is 23.5. The number of phenolic OH excluding ortho intramolecular Hbond substituents is 1. The van der Waals surface area contributed by atoms with E-state index in [1.54, 1.807) is 36.4 Å². The first-order valence-electron chi connectivity index (χ1n) is 5.79. The lowest BCUT2D eigenvalue weighted by Crippen LogP contribution is -2.14. The lowest BCUT2D eigenvalue weighted by molar-refractivity contribution is 0.101. The summed E-state index contributed by atoms with van der Waals surface area (Å²) in [5.74, 6) is -0.680. The number of amides is 1. The van der Waals surface area contributed by atoms with Crippen LogP contribution in [0.5, 0.6) is 5.75 Å². The molecule has 0 bridgehead atoms. The van der Waals surface area contributed by atoms with Crippen LogP contribution in [0.15, 0.2) is 48.5 Å². The molecule has 0 aromatic heterocycles. The Morgan fingerprint density at radius 3 is 2.16 bits per heavy atom. The molecule has 2 aromatic carbocycles. The molecular formula is C15H13NO3. The van der Waals surface area contributed by atoms with Crippen molar-refractivity contribution in [2.75, 3.05) is 5.32 Å². The van der Waals surface area contributed by atoms with Crippen LogP contribution in [0.1, 0.15) is 27.6 Å². The molecule has 0 atom stereocenters. The number of aromatic hydroxyl groups is 1. The fraction of sp³-hybridized carbons (Fsp3) is 0.0667. The first kappa shape index (κ1) is 12.8. The standard InChI is InChI=1S/C15H13NO3/c1-10(17)11-6-2-4-8-13(11)16-15(19)12-7-3-5-9-14(12)18/h2-9,18H,1H3,(H,16,19). The third kappa shape index (κ3) is 2.80. The molecule has 2 N–H and O–H groups in total. The van der Waals surface area contributed by atoms with E-state index in [1.165, 1.54) is 19.1 Å². The average molecular weight is 255 g/mol. The first-order valence-corrected chi connectivity index (χ1v) is 5.79. The van der Waals surface area contributed by atoms with Crippen LogP contribution in [0, 0.1) is 0 Å². The van der Waals surface area contributed by atoms with Gasteiger partial charge in [0.1, 0.15) is 5.75 Å². The second kappa shape index (κ2) is 5.35. The summed E-state index contributed by atoms with van der Waals surface area (Å²) in [6.07, 6.45) is 0. The van der Waals surface area contributed by atoms with E-state index in [4.69, 9.17) is 0 Å². The van der Waals surface area contributed by atoms with E-state index < -0.39 is 5.91 Å². The Kier molecular flexibility index (Phi) is 3.61.